The van der Waals surface area contributed by atoms with Gasteiger partial charge < -0.3 is 25.5 Å². The first-order valence-corrected chi connectivity index (χ1v) is 4.33. The van der Waals surface area contributed by atoms with E-state index in [4.69, 9.17) is 25.5 Å². The molecule has 0 aromatic carbocycles. The molecule has 0 rings (SSSR count). The van der Waals surface area contributed by atoms with E-state index >= 15 is 0 Å². The van der Waals surface area contributed by atoms with Crippen LogP contribution in [0.5, 0.6) is 0 Å². The maximum Gasteiger partial charge on any atom is 0.189 e. The summed E-state index contributed by atoms with van der Waals surface area (Å²) in [5.74, 6) is -1.00. The summed E-state index contributed by atoms with van der Waals surface area (Å²) < 4.78 is 0. The largest absolute Gasteiger partial charge is 0.394 e. The number of ketones is 1. The fourth-order valence-corrected chi connectivity index (χ4v) is 0.602. The number of Topliss-reactive ketones (excluding diaryl/α,β-unsaturated/α-hetero) is 1. The third kappa shape index (κ3) is 5.25. The van der Waals surface area contributed by atoms with E-state index in [-0.39, 0.29) is 0 Å². The van der Waals surface area contributed by atoms with E-state index in [0.717, 1.165) is 0 Å². The molecule has 6 heteroatoms. The van der Waals surface area contributed by atoms with Gasteiger partial charge >= 0.3 is 0 Å². The molecule has 14 heavy (non-hydrogen) atoms. The molecular formula is C8H18O6. The summed E-state index contributed by atoms with van der Waals surface area (Å²) in [5.41, 5.74) is 0. The Labute approximate surface area is 82.4 Å². The Balaban J connectivity index is 0. The monoisotopic (exact) mass is 210 g/mol. The van der Waals surface area contributed by atoms with Crippen molar-refractivity contribution in [2.45, 2.75) is 32.2 Å². The molecule has 0 amide bonds. The van der Waals surface area contributed by atoms with Crippen LogP contribution in [-0.2, 0) is 4.79 Å². The summed E-state index contributed by atoms with van der Waals surface area (Å²) in [6.45, 7) is 2.31. The average Bonchev–Trinajstić information content (AvgIpc) is 2.27. The summed E-state index contributed by atoms with van der Waals surface area (Å²) >= 11 is 0. The molecule has 5 N–H and O–H groups in total. The van der Waals surface area contributed by atoms with E-state index < -0.39 is 37.3 Å². The van der Waals surface area contributed by atoms with Gasteiger partial charge in [0, 0.05) is 0 Å². The van der Waals surface area contributed by atoms with E-state index in [1.807, 2.05) is 13.8 Å². The first kappa shape index (κ1) is 15.9. The van der Waals surface area contributed by atoms with E-state index in [9.17, 15) is 4.79 Å². The molecule has 0 aliphatic rings. The van der Waals surface area contributed by atoms with E-state index in [2.05, 4.69) is 0 Å². The van der Waals surface area contributed by atoms with Crippen LogP contribution in [0, 0.1) is 0 Å². The predicted octanol–water partition coefficient (Wildman–Crippen LogP) is -2.35. The molecule has 6 nitrogen and oxygen atoms in total. The quantitative estimate of drug-likeness (QED) is 0.347. The second kappa shape index (κ2) is 9.04. The molecule has 0 saturated heterocycles. The van der Waals surface area contributed by atoms with Gasteiger partial charge in [-0.15, -0.1) is 0 Å². The van der Waals surface area contributed by atoms with Gasteiger partial charge in [0.05, 0.1) is 6.61 Å². The van der Waals surface area contributed by atoms with Crippen LogP contribution in [0.25, 0.3) is 0 Å². The lowest BCUT2D eigenvalue weighted by Gasteiger charge is -2.19. The maximum absolute atomic E-state index is 10.5. The number of carbonyl (C=O) groups is 1. The summed E-state index contributed by atoms with van der Waals surface area (Å²) in [7, 11) is 0. The molecule has 0 spiro atoms. The normalized spacial score (nSPS) is 16.2. The van der Waals surface area contributed by atoms with Crippen molar-refractivity contribution in [1.82, 2.24) is 0 Å². The molecule has 0 heterocycles. The molecule has 0 aromatic rings. The van der Waals surface area contributed by atoms with Gasteiger partial charge in [-0.2, -0.15) is 0 Å². The topological polar surface area (TPSA) is 118 Å². The minimum absolute atomic E-state index is 0.767. The molecular weight excluding hydrogens is 192 g/mol. The van der Waals surface area contributed by atoms with Crippen LogP contribution in [0.3, 0.4) is 0 Å². The summed E-state index contributed by atoms with van der Waals surface area (Å²) in [6.07, 6.45) is -5.22. The van der Waals surface area contributed by atoms with Crippen LogP contribution in [0.1, 0.15) is 13.8 Å². The highest BCUT2D eigenvalue weighted by Crippen LogP contribution is 2.00. The van der Waals surface area contributed by atoms with Gasteiger partial charge in [0.15, 0.2) is 5.78 Å². The Kier molecular flexibility index (Phi) is 10.3. The molecule has 0 aromatic heterocycles. The Morgan fingerprint density at radius 2 is 1.57 bits per heavy atom. The van der Waals surface area contributed by atoms with Crippen molar-refractivity contribution < 1.29 is 30.3 Å². The van der Waals surface area contributed by atoms with Crippen molar-refractivity contribution in [3.63, 3.8) is 0 Å². The van der Waals surface area contributed by atoms with E-state index in [0.29, 0.717) is 0 Å². The van der Waals surface area contributed by atoms with Crippen molar-refractivity contribution in [3.8, 4) is 0 Å². The van der Waals surface area contributed by atoms with Gasteiger partial charge in [0.25, 0.3) is 0 Å². The molecule has 0 fully saturated rings. The van der Waals surface area contributed by atoms with Gasteiger partial charge in [0.1, 0.15) is 24.9 Å². The molecule has 3 atom stereocenters. The molecule has 0 radical (unpaired) electrons. The van der Waals surface area contributed by atoms with E-state index in [1.54, 1.807) is 0 Å². The SMILES string of the molecule is CC.O=C(CO)C(O)C(O)C(O)CO. The smallest absolute Gasteiger partial charge is 0.189 e. The Morgan fingerprint density at radius 3 is 1.86 bits per heavy atom. The van der Waals surface area contributed by atoms with Gasteiger partial charge in [0.2, 0.25) is 0 Å². The lowest BCUT2D eigenvalue weighted by atomic mass is 10.1. The van der Waals surface area contributed by atoms with Crippen LogP contribution in [0.15, 0.2) is 0 Å². The molecule has 86 valence electrons. The third-order valence-electron chi connectivity index (χ3n) is 1.39. The Morgan fingerprint density at radius 1 is 1.14 bits per heavy atom. The predicted molar refractivity (Wildman–Crippen MR) is 48.5 cm³/mol. The third-order valence-corrected chi connectivity index (χ3v) is 1.39. The van der Waals surface area contributed by atoms with Crippen LogP contribution in [0.2, 0.25) is 0 Å². The number of carbonyl (C=O) groups excluding carboxylic acids is 1. The highest BCUT2D eigenvalue weighted by molar-refractivity contribution is 5.84. The fourth-order valence-electron chi connectivity index (χ4n) is 0.602. The number of hydrogen-bond donors (Lipinski definition) is 5. The first-order chi connectivity index (χ1) is 6.54. The minimum Gasteiger partial charge on any atom is -0.394 e. The first-order valence-electron chi connectivity index (χ1n) is 4.33. The number of rotatable bonds is 5. The minimum atomic E-state index is -1.86. The molecule has 3 unspecified atom stereocenters. The zero-order valence-corrected chi connectivity index (χ0v) is 8.29. The lowest BCUT2D eigenvalue weighted by molar-refractivity contribution is -0.142. The summed E-state index contributed by atoms with van der Waals surface area (Å²) in [4.78, 5) is 10.5. The molecule has 0 aliphatic carbocycles. The van der Waals surface area contributed by atoms with Crippen molar-refractivity contribution in [1.29, 1.82) is 0 Å². The second-order valence-electron chi connectivity index (χ2n) is 2.31. The second-order valence-corrected chi connectivity index (χ2v) is 2.31. The van der Waals surface area contributed by atoms with Crippen LogP contribution >= 0.6 is 0 Å². The van der Waals surface area contributed by atoms with Crippen LogP contribution in [0.4, 0.5) is 0 Å². The fraction of sp³-hybridized carbons (Fsp3) is 0.875. The number of aliphatic hydroxyl groups is 5. The summed E-state index contributed by atoms with van der Waals surface area (Å²) in [6, 6.07) is 0. The van der Waals surface area contributed by atoms with Crippen molar-refractivity contribution in [2.24, 2.45) is 0 Å². The highest BCUT2D eigenvalue weighted by atomic mass is 16.4. The maximum atomic E-state index is 10.5. The van der Waals surface area contributed by atoms with Gasteiger partial charge in [-0.25, -0.2) is 0 Å². The Hall–Kier alpha value is -0.530. The lowest BCUT2D eigenvalue weighted by Crippen LogP contribution is -2.44. The van der Waals surface area contributed by atoms with Crippen LogP contribution < -0.4 is 0 Å². The van der Waals surface area contributed by atoms with Crippen LogP contribution in [-0.4, -0.2) is 62.8 Å². The van der Waals surface area contributed by atoms with Crippen molar-refractivity contribution in [3.05, 3.63) is 0 Å². The number of aliphatic hydroxyl groups excluding tert-OH is 5. The zero-order chi connectivity index (χ0) is 11.7. The van der Waals surface area contributed by atoms with Gasteiger partial charge in [-0.3, -0.25) is 4.79 Å². The van der Waals surface area contributed by atoms with Crippen molar-refractivity contribution >= 4 is 5.78 Å². The molecule has 0 bridgehead atoms. The molecule has 0 saturated carbocycles. The Bertz CT molecular complexity index is 149. The molecule has 0 aliphatic heterocycles. The number of hydrogen-bond acceptors (Lipinski definition) is 6. The standard InChI is InChI=1S/C6H12O6.C2H6/c7-1-3(9)5(11)6(12)4(10)2-8;1-2/h3,5-9,11-12H,1-2H2;1-2H3. The van der Waals surface area contributed by atoms with Crippen molar-refractivity contribution in [2.75, 3.05) is 13.2 Å². The average molecular weight is 210 g/mol. The summed E-state index contributed by atoms with van der Waals surface area (Å²) in [5, 5.41) is 43.1. The van der Waals surface area contributed by atoms with Gasteiger partial charge in [-0.1, -0.05) is 13.8 Å². The zero-order valence-electron chi connectivity index (χ0n) is 8.29. The van der Waals surface area contributed by atoms with E-state index in [1.165, 1.54) is 0 Å². The highest BCUT2D eigenvalue weighted by Gasteiger charge is 2.28. The van der Waals surface area contributed by atoms with Gasteiger partial charge in [-0.05, 0) is 0 Å².